The van der Waals surface area contributed by atoms with E-state index in [1.807, 2.05) is 18.2 Å². The van der Waals surface area contributed by atoms with Gasteiger partial charge in [0.2, 0.25) is 0 Å². The third-order valence-corrected chi connectivity index (χ3v) is 4.99. The number of carbonyl (C=O) groups is 1. The highest BCUT2D eigenvalue weighted by Gasteiger charge is 2.23. The van der Waals surface area contributed by atoms with Gasteiger partial charge in [-0.1, -0.05) is 29.8 Å². The number of rotatable bonds is 4. The Kier molecular flexibility index (Phi) is 5.56. The molecular formula is C19H22ClN3O2. The quantitative estimate of drug-likeness (QED) is 0.881. The van der Waals surface area contributed by atoms with Crippen LogP contribution in [0.15, 0.2) is 47.4 Å². The molecule has 1 saturated heterocycles. The molecule has 2 aromatic rings. The average Bonchev–Trinajstić information content (AvgIpc) is 2.60. The minimum Gasteiger partial charge on any atom is -0.348 e. The topological polar surface area (TPSA) is 63.1 Å². The highest BCUT2D eigenvalue weighted by atomic mass is 35.5. The Morgan fingerprint density at radius 2 is 2.12 bits per heavy atom. The molecule has 1 aliphatic rings. The van der Waals surface area contributed by atoms with E-state index >= 15 is 0 Å². The zero-order valence-corrected chi connectivity index (χ0v) is 14.9. The van der Waals surface area contributed by atoms with Crippen molar-refractivity contribution in [2.24, 2.45) is 0 Å². The molecule has 1 aliphatic heterocycles. The van der Waals surface area contributed by atoms with Crippen molar-refractivity contribution in [3.05, 3.63) is 69.1 Å². The van der Waals surface area contributed by atoms with Crippen LogP contribution >= 0.6 is 11.6 Å². The van der Waals surface area contributed by atoms with Crippen molar-refractivity contribution >= 4 is 17.5 Å². The number of hydrogen-bond acceptors (Lipinski definition) is 3. The van der Waals surface area contributed by atoms with Gasteiger partial charge in [-0.15, -0.1) is 0 Å². The number of piperidine rings is 1. The van der Waals surface area contributed by atoms with E-state index in [2.05, 4.69) is 17.6 Å². The van der Waals surface area contributed by atoms with Crippen LogP contribution in [0.3, 0.4) is 0 Å². The third-order valence-electron chi connectivity index (χ3n) is 4.62. The summed E-state index contributed by atoms with van der Waals surface area (Å²) in [4.78, 5) is 24.7. The summed E-state index contributed by atoms with van der Waals surface area (Å²) in [6.07, 6.45) is 3.60. The summed E-state index contributed by atoms with van der Waals surface area (Å²) < 4.78 is 1.51. The number of nitrogens with zero attached hydrogens (tertiary/aromatic N) is 1. The largest absolute Gasteiger partial charge is 0.348 e. The van der Waals surface area contributed by atoms with Crippen molar-refractivity contribution < 1.29 is 4.79 Å². The molecular weight excluding hydrogens is 338 g/mol. The maximum absolute atomic E-state index is 12.6. The Morgan fingerprint density at radius 3 is 2.88 bits per heavy atom. The number of carbonyl (C=O) groups excluding carboxylic acids is 1. The Hall–Kier alpha value is -2.11. The molecule has 6 heteroatoms. The first-order valence-corrected chi connectivity index (χ1v) is 8.90. The van der Waals surface area contributed by atoms with Gasteiger partial charge in [-0.3, -0.25) is 9.59 Å². The van der Waals surface area contributed by atoms with Crippen molar-refractivity contribution in [3.63, 3.8) is 0 Å². The SMILES string of the molecule is CC1NCCCC1NC(=O)c1ccc(=O)n(Cc2ccccc2Cl)c1. The van der Waals surface area contributed by atoms with Crippen molar-refractivity contribution in [3.8, 4) is 0 Å². The number of aromatic nitrogens is 1. The number of pyridine rings is 1. The molecule has 1 amide bonds. The van der Waals surface area contributed by atoms with Crippen molar-refractivity contribution in [1.82, 2.24) is 15.2 Å². The average molecular weight is 360 g/mol. The van der Waals surface area contributed by atoms with Crippen LogP contribution in [0.4, 0.5) is 0 Å². The van der Waals surface area contributed by atoms with Gasteiger partial charge in [0, 0.05) is 29.4 Å². The molecule has 1 aromatic carbocycles. The predicted octanol–water partition coefficient (Wildman–Crippen LogP) is 2.42. The molecule has 25 heavy (non-hydrogen) atoms. The molecule has 2 heterocycles. The fourth-order valence-electron chi connectivity index (χ4n) is 3.09. The van der Waals surface area contributed by atoms with Gasteiger partial charge in [0.15, 0.2) is 0 Å². The molecule has 3 rings (SSSR count). The first-order valence-electron chi connectivity index (χ1n) is 8.53. The maximum atomic E-state index is 12.6. The van der Waals surface area contributed by atoms with Gasteiger partial charge in [0.25, 0.3) is 11.5 Å². The van der Waals surface area contributed by atoms with Gasteiger partial charge in [0.05, 0.1) is 12.1 Å². The van der Waals surface area contributed by atoms with Gasteiger partial charge in [-0.05, 0) is 44.0 Å². The summed E-state index contributed by atoms with van der Waals surface area (Å²) >= 11 is 6.17. The lowest BCUT2D eigenvalue weighted by Crippen LogP contribution is -2.52. The molecule has 0 saturated carbocycles. The minimum atomic E-state index is -0.163. The summed E-state index contributed by atoms with van der Waals surface area (Å²) in [7, 11) is 0. The van der Waals surface area contributed by atoms with Crippen LogP contribution in [0.5, 0.6) is 0 Å². The van der Waals surface area contributed by atoms with E-state index in [-0.39, 0.29) is 23.6 Å². The van der Waals surface area contributed by atoms with Crippen LogP contribution in [0.2, 0.25) is 5.02 Å². The minimum absolute atomic E-state index is 0.102. The summed E-state index contributed by atoms with van der Waals surface area (Å²) in [5, 5.41) is 7.03. The number of benzene rings is 1. The second-order valence-electron chi connectivity index (χ2n) is 6.44. The third kappa shape index (κ3) is 4.30. The molecule has 0 bridgehead atoms. The molecule has 2 atom stereocenters. The Labute approximate surface area is 152 Å². The zero-order valence-electron chi connectivity index (χ0n) is 14.2. The van der Waals surface area contributed by atoms with Crippen molar-refractivity contribution in [2.45, 2.75) is 38.4 Å². The Bertz CT molecular complexity index is 818. The van der Waals surface area contributed by atoms with Gasteiger partial charge in [0.1, 0.15) is 0 Å². The molecule has 5 nitrogen and oxygen atoms in total. The normalized spacial score (nSPS) is 20.2. The molecule has 0 aliphatic carbocycles. The fourth-order valence-corrected chi connectivity index (χ4v) is 3.29. The van der Waals surface area contributed by atoms with Gasteiger partial charge < -0.3 is 15.2 Å². The molecule has 1 fully saturated rings. The standard InChI is InChI=1S/C19H22ClN3O2/c1-13-17(7-4-10-21-13)22-19(25)15-8-9-18(24)23(12-15)11-14-5-2-3-6-16(14)20/h2-3,5-6,8-9,12-13,17,21H,4,7,10-11H2,1H3,(H,22,25). The number of halogens is 1. The molecule has 0 radical (unpaired) electrons. The van der Waals surface area contributed by atoms with Gasteiger partial charge in [-0.25, -0.2) is 0 Å². The van der Waals surface area contributed by atoms with Gasteiger partial charge >= 0.3 is 0 Å². The van der Waals surface area contributed by atoms with Crippen molar-refractivity contribution in [1.29, 1.82) is 0 Å². The molecule has 132 valence electrons. The van der Waals surface area contributed by atoms with E-state index in [9.17, 15) is 9.59 Å². The van der Waals surface area contributed by atoms with E-state index in [0.29, 0.717) is 17.1 Å². The monoisotopic (exact) mass is 359 g/mol. The summed E-state index contributed by atoms with van der Waals surface area (Å²) in [6.45, 7) is 3.39. The lowest BCUT2D eigenvalue weighted by Gasteiger charge is -2.30. The van der Waals surface area contributed by atoms with E-state index in [0.717, 1.165) is 24.9 Å². The number of hydrogen-bond donors (Lipinski definition) is 2. The second kappa shape index (κ2) is 7.85. The number of amides is 1. The van der Waals surface area contributed by atoms with Crippen LogP contribution in [-0.2, 0) is 6.54 Å². The van der Waals surface area contributed by atoms with Crippen LogP contribution in [-0.4, -0.2) is 29.1 Å². The van der Waals surface area contributed by atoms with E-state index < -0.39 is 0 Å². The molecule has 2 N–H and O–H groups in total. The first-order chi connectivity index (χ1) is 12.0. The summed E-state index contributed by atoms with van der Waals surface area (Å²) in [5.41, 5.74) is 1.16. The molecule has 1 aromatic heterocycles. The van der Waals surface area contributed by atoms with Crippen LogP contribution in [0.1, 0.15) is 35.7 Å². The maximum Gasteiger partial charge on any atom is 0.253 e. The summed E-state index contributed by atoms with van der Waals surface area (Å²) in [5.74, 6) is -0.159. The van der Waals surface area contributed by atoms with Crippen LogP contribution in [0, 0.1) is 0 Å². The van der Waals surface area contributed by atoms with Crippen molar-refractivity contribution in [2.75, 3.05) is 6.54 Å². The van der Waals surface area contributed by atoms with E-state index in [1.54, 1.807) is 18.3 Å². The first kappa shape index (κ1) is 17.7. The highest BCUT2D eigenvalue weighted by molar-refractivity contribution is 6.31. The lowest BCUT2D eigenvalue weighted by atomic mass is 9.99. The lowest BCUT2D eigenvalue weighted by molar-refractivity contribution is 0.0919. The molecule has 2 unspecified atom stereocenters. The summed E-state index contributed by atoms with van der Waals surface area (Å²) in [6, 6.07) is 10.7. The zero-order chi connectivity index (χ0) is 17.8. The van der Waals surface area contributed by atoms with E-state index in [4.69, 9.17) is 11.6 Å². The second-order valence-corrected chi connectivity index (χ2v) is 6.85. The van der Waals surface area contributed by atoms with E-state index in [1.165, 1.54) is 10.6 Å². The fraction of sp³-hybridized carbons (Fsp3) is 0.368. The van der Waals surface area contributed by atoms with Crippen LogP contribution < -0.4 is 16.2 Å². The van der Waals surface area contributed by atoms with Gasteiger partial charge in [-0.2, -0.15) is 0 Å². The Morgan fingerprint density at radius 1 is 1.32 bits per heavy atom. The number of nitrogens with one attached hydrogen (secondary N) is 2. The molecule has 0 spiro atoms. The highest BCUT2D eigenvalue weighted by Crippen LogP contribution is 2.16. The smallest absolute Gasteiger partial charge is 0.253 e. The predicted molar refractivity (Wildman–Crippen MR) is 99.2 cm³/mol. The van der Waals surface area contributed by atoms with Crippen LogP contribution in [0.25, 0.3) is 0 Å². The Balaban J connectivity index is 1.78.